The van der Waals surface area contributed by atoms with Crippen molar-refractivity contribution in [2.24, 2.45) is 0 Å². The number of carbonyl (C=O) groups is 1. The van der Waals surface area contributed by atoms with E-state index in [1.807, 2.05) is 30.3 Å². The number of amides is 1. The number of anilines is 1. The zero-order valence-corrected chi connectivity index (χ0v) is 14.1. The van der Waals surface area contributed by atoms with Crippen LogP contribution in [0.4, 0.5) is 10.1 Å². The van der Waals surface area contributed by atoms with E-state index in [4.69, 9.17) is 4.74 Å². The molecule has 5 nitrogen and oxygen atoms in total. The Kier molecular flexibility index (Phi) is 5.12. The van der Waals surface area contributed by atoms with Crippen LogP contribution in [0.15, 0.2) is 77.7 Å². The van der Waals surface area contributed by atoms with Gasteiger partial charge in [0.2, 0.25) is 5.91 Å². The highest BCUT2D eigenvalue weighted by Crippen LogP contribution is 2.23. The Balaban J connectivity index is 1.67. The summed E-state index contributed by atoms with van der Waals surface area (Å²) in [5, 5.41) is 2.70. The van der Waals surface area contributed by atoms with Crippen molar-refractivity contribution < 1.29 is 13.9 Å². The van der Waals surface area contributed by atoms with Crippen molar-refractivity contribution >= 4 is 11.6 Å². The van der Waals surface area contributed by atoms with Gasteiger partial charge in [-0.15, -0.1) is 0 Å². The lowest BCUT2D eigenvalue weighted by atomic mass is 10.2. The highest BCUT2D eigenvalue weighted by Gasteiger charge is 2.16. The molecule has 1 atom stereocenters. The predicted molar refractivity (Wildman–Crippen MR) is 97.0 cm³/mol. The monoisotopic (exact) mass is 352 g/mol. The molecule has 0 saturated carbocycles. The number of ether oxygens (including phenoxy) is 1. The number of halogens is 1. The van der Waals surface area contributed by atoms with Gasteiger partial charge in [-0.1, -0.05) is 18.2 Å². The SMILES string of the molecule is CC(C(=O)Nc1ccc(Oc2ccccc2)cc1)n1cc(F)ccc1=O. The van der Waals surface area contributed by atoms with E-state index in [9.17, 15) is 14.0 Å². The molecule has 0 spiro atoms. The fourth-order valence-electron chi connectivity index (χ4n) is 2.38. The fourth-order valence-corrected chi connectivity index (χ4v) is 2.38. The van der Waals surface area contributed by atoms with E-state index in [0.29, 0.717) is 17.2 Å². The second kappa shape index (κ2) is 7.65. The molecule has 0 aliphatic carbocycles. The molecule has 1 N–H and O–H groups in total. The Labute approximate surface area is 149 Å². The summed E-state index contributed by atoms with van der Waals surface area (Å²) in [6, 6.07) is 17.5. The second-order valence-electron chi connectivity index (χ2n) is 5.70. The molecule has 1 aromatic heterocycles. The molecule has 0 bridgehead atoms. The lowest BCUT2D eigenvalue weighted by molar-refractivity contribution is -0.118. The summed E-state index contributed by atoms with van der Waals surface area (Å²) in [7, 11) is 0. The van der Waals surface area contributed by atoms with E-state index in [-0.39, 0.29) is 0 Å². The lowest BCUT2D eigenvalue weighted by Crippen LogP contribution is -2.31. The maximum Gasteiger partial charge on any atom is 0.251 e. The average molecular weight is 352 g/mol. The first-order chi connectivity index (χ1) is 12.5. The summed E-state index contributed by atoms with van der Waals surface area (Å²) in [5.41, 5.74) is 0.104. The maximum atomic E-state index is 13.3. The van der Waals surface area contributed by atoms with Crippen LogP contribution in [-0.4, -0.2) is 10.5 Å². The van der Waals surface area contributed by atoms with Gasteiger partial charge < -0.3 is 14.6 Å². The summed E-state index contributed by atoms with van der Waals surface area (Å²) in [6.07, 6.45) is 1.02. The van der Waals surface area contributed by atoms with Crippen LogP contribution in [0.5, 0.6) is 11.5 Å². The molecule has 1 amide bonds. The number of nitrogens with zero attached hydrogens (tertiary/aromatic N) is 1. The number of hydrogen-bond acceptors (Lipinski definition) is 3. The van der Waals surface area contributed by atoms with Crippen molar-refractivity contribution in [1.82, 2.24) is 4.57 Å². The number of benzene rings is 2. The maximum absolute atomic E-state index is 13.3. The molecular weight excluding hydrogens is 335 g/mol. The van der Waals surface area contributed by atoms with E-state index >= 15 is 0 Å². The van der Waals surface area contributed by atoms with Crippen LogP contribution < -0.4 is 15.6 Å². The van der Waals surface area contributed by atoms with Gasteiger partial charge in [-0.2, -0.15) is 0 Å². The molecular formula is C20H17FN2O3. The van der Waals surface area contributed by atoms with Gasteiger partial charge in [-0.3, -0.25) is 9.59 Å². The Morgan fingerprint density at radius 2 is 1.65 bits per heavy atom. The molecule has 132 valence electrons. The second-order valence-corrected chi connectivity index (χ2v) is 5.70. The standard InChI is InChI=1S/C20H17FN2O3/c1-14(23-13-15(21)7-12-19(23)24)20(25)22-16-8-10-18(11-9-16)26-17-5-3-2-4-6-17/h2-14H,1H3,(H,22,25). The quantitative estimate of drug-likeness (QED) is 0.756. The fraction of sp³-hybridized carbons (Fsp3) is 0.100. The van der Waals surface area contributed by atoms with Crippen molar-refractivity contribution in [2.75, 3.05) is 5.32 Å². The van der Waals surface area contributed by atoms with Crippen LogP contribution >= 0.6 is 0 Å². The van der Waals surface area contributed by atoms with E-state index in [1.165, 1.54) is 6.92 Å². The Hall–Kier alpha value is -3.41. The minimum Gasteiger partial charge on any atom is -0.457 e. The van der Waals surface area contributed by atoms with Crippen molar-refractivity contribution in [3.8, 4) is 11.5 Å². The predicted octanol–water partition coefficient (Wildman–Crippen LogP) is 3.98. The van der Waals surface area contributed by atoms with Crippen LogP contribution in [-0.2, 0) is 4.79 Å². The molecule has 3 rings (SSSR count). The van der Waals surface area contributed by atoms with E-state index in [0.717, 1.165) is 22.9 Å². The summed E-state index contributed by atoms with van der Waals surface area (Å²) in [6.45, 7) is 1.53. The van der Waals surface area contributed by atoms with Gasteiger partial charge in [-0.05, 0) is 49.4 Å². The summed E-state index contributed by atoms with van der Waals surface area (Å²) in [4.78, 5) is 24.1. The molecule has 0 aliphatic rings. The third-order valence-corrected chi connectivity index (χ3v) is 3.80. The lowest BCUT2D eigenvalue weighted by Gasteiger charge is -2.15. The van der Waals surface area contributed by atoms with Crippen molar-refractivity contribution in [3.63, 3.8) is 0 Å². The Bertz CT molecular complexity index is 953. The Morgan fingerprint density at radius 1 is 1.00 bits per heavy atom. The topological polar surface area (TPSA) is 60.3 Å². The zero-order valence-electron chi connectivity index (χ0n) is 14.1. The van der Waals surface area contributed by atoms with Gasteiger partial charge in [0.15, 0.2) is 0 Å². The van der Waals surface area contributed by atoms with Crippen LogP contribution in [0.1, 0.15) is 13.0 Å². The first-order valence-corrected chi connectivity index (χ1v) is 8.04. The number of pyridine rings is 1. The van der Waals surface area contributed by atoms with E-state index in [1.54, 1.807) is 24.3 Å². The smallest absolute Gasteiger partial charge is 0.251 e. The number of hydrogen-bond donors (Lipinski definition) is 1. The van der Waals surface area contributed by atoms with Gasteiger partial charge in [-0.25, -0.2) is 4.39 Å². The highest BCUT2D eigenvalue weighted by molar-refractivity contribution is 5.93. The normalized spacial score (nSPS) is 11.6. The highest BCUT2D eigenvalue weighted by atomic mass is 19.1. The van der Waals surface area contributed by atoms with Crippen molar-refractivity contribution in [1.29, 1.82) is 0 Å². The molecule has 0 radical (unpaired) electrons. The molecule has 0 fully saturated rings. The number of nitrogens with one attached hydrogen (secondary N) is 1. The third kappa shape index (κ3) is 4.16. The van der Waals surface area contributed by atoms with Crippen molar-refractivity contribution in [3.05, 3.63) is 89.1 Å². The Morgan fingerprint density at radius 3 is 2.35 bits per heavy atom. The average Bonchev–Trinajstić information content (AvgIpc) is 2.65. The largest absolute Gasteiger partial charge is 0.457 e. The molecule has 2 aromatic carbocycles. The number of para-hydroxylation sites is 1. The first kappa shape index (κ1) is 17.4. The van der Waals surface area contributed by atoms with E-state index in [2.05, 4.69) is 5.32 Å². The molecule has 6 heteroatoms. The van der Waals surface area contributed by atoms with Gasteiger partial charge in [0, 0.05) is 18.0 Å². The number of aromatic nitrogens is 1. The molecule has 1 unspecified atom stereocenters. The molecule has 3 aromatic rings. The number of carbonyl (C=O) groups excluding carboxylic acids is 1. The third-order valence-electron chi connectivity index (χ3n) is 3.80. The zero-order chi connectivity index (χ0) is 18.5. The van der Waals surface area contributed by atoms with Crippen LogP contribution in [0.3, 0.4) is 0 Å². The van der Waals surface area contributed by atoms with Crippen LogP contribution in [0, 0.1) is 5.82 Å². The van der Waals surface area contributed by atoms with Gasteiger partial charge in [0.25, 0.3) is 5.56 Å². The number of rotatable bonds is 5. The minimum atomic E-state index is -0.849. The molecule has 1 heterocycles. The van der Waals surface area contributed by atoms with Crippen molar-refractivity contribution in [2.45, 2.75) is 13.0 Å². The van der Waals surface area contributed by atoms with Gasteiger partial charge >= 0.3 is 0 Å². The van der Waals surface area contributed by atoms with Crippen LogP contribution in [0.2, 0.25) is 0 Å². The van der Waals surface area contributed by atoms with E-state index < -0.39 is 23.3 Å². The van der Waals surface area contributed by atoms with Gasteiger partial charge in [0.05, 0.1) is 0 Å². The molecule has 26 heavy (non-hydrogen) atoms. The summed E-state index contributed by atoms with van der Waals surface area (Å²) < 4.78 is 20.1. The molecule has 0 saturated heterocycles. The van der Waals surface area contributed by atoms with Crippen LogP contribution in [0.25, 0.3) is 0 Å². The summed E-state index contributed by atoms with van der Waals surface area (Å²) in [5.74, 6) is 0.341. The first-order valence-electron chi connectivity index (χ1n) is 8.04. The summed E-state index contributed by atoms with van der Waals surface area (Å²) >= 11 is 0. The van der Waals surface area contributed by atoms with Gasteiger partial charge in [0.1, 0.15) is 23.4 Å². The minimum absolute atomic E-state index is 0.422. The molecule has 0 aliphatic heterocycles.